The molecule has 10 heteroatoms. The minimum absolute atomic E-state index is 0.0852. The van der Waals surface area contributed by atoms with Crippen molar-refractivity contribution in [1.82, 2.24) is 29.7 Å². The zero-order chi connectivity index (χ0) is 19.5. The molecule has 2 aromatic rings. The molecule has 0 aliphatic carbocycles. The van der Waals surface area contributed by atoms with Crippen LogP contribution < -0.4 is 0 Å². The summed E-state index contributed by atoms with van der Waals surface area (Å²) in [6, 6.07) is 1.77. The van der Waals surface area contributed by atoms with Crippen molar-refractivity contribution in [3.8, 4) is 0 Å². The lowest BCUT2D eigenvalue weighted by Gasteiger charge is -2.35. The normalized spacial score (nSPS) is 18.2. The van der Waals surface area contributed by atoms with Crippen LogP contribution in [0.15, 0.2) is 17.4 Å². The molecule has 2 saturated heterocycles. The van der Waals surface area contributed by atoms with E-state index < -0.39 is 0 Å². The Labute approximate surface area is 172 Å². The van der Waals surface area contributed by atoms with Gasteiger partial charge in [-0.3, -0.25) is 14.5 Å². The van der Waals surface area contributed by atoms with Gasteiger partial charge in [-0.05, 0) is 18.9 Å². The molecule has 2 aromatic heterocycles. The van der Waals surface area contributed by atoms with Crippen molar-refractivity contribution in [2.45, 2.75) is 18.0 Å². The average molecular weight is 423 g/mol. The number of nitrogens with zero attached hydrogens (tertiary/aromatic N) is 5. The van der Waals surface area contributed by atoms with Gasteiger partial charge in [-0.15, -0.1) is 0 Å². The van der Waals surface area contributed by atoms with Gasteiger partial charge in [0.25, 0.3) is 0 Å². The van der Waals surface area contributed by atoms with Gasteiger partial charge in [-0.2, -0.15) is 0 Å². The molecule has 2 aliphatic rings. The molecule has 150 valence electrons. The highest BCUT2D eigenvalue weighted by Gasteiger charge is 2.25. The van der Waals surface area contributed by atoms with E-state index in [1.807, 2.05) is 9.80 Å². The van der Waals surface area contributed by atoms with Gasteiger partial charge in [-0.1, -0.05) is 23.4 Å². The van der Waals surface area contributed by atoms with E-state index in [9.17, 15) is 9.59 Å². The summed E-state index contributed by atoms with van der Waals surface area (Å²) in [5.74, 6) is 0.619. The van der Waals surface area contributed by atoms with Gasteiger partial charge < -0.3 is 14.8 Å². The van der Waals surface area contributed by atoms with Gasteiger partial charge in [-0.25, -0.2) is 9.97 Å². The van der Waals surface area contributed by atoms with Crippen molar-refractivity contribution in [1.29, 1.82) is 0 Å². The van der Waals surface area contributed by atoms with E-state index in [1.54, 1.807) is 12.3 Å². The van der Waals surface area contributed by atoms with Gasteiger partial charge in [0.05, 0.1) is 22.8 Å². The molecule has 0 atom stereocenters. The highest BCUT2D eigenvalue weighted by molar-refractivity contribution is 7.99. The predicted octanol–water partition coefficient (Wildman–Crippen LogP) is 1.47. The number of halogens is 1. The minimum atomic E-state index is 0.0852. The molecular weight excluding hydrogens is 400 g/mol. The Bertz CT molecular complexity index is 861. The van der Waals surface area contributed by atoms with Gasteiger partial charge >= 0.3 is 0 Å². The fourth-order valence-electron chi connectivity index (χ4n) is 3.56. The SMILES string of the molecule is O=C(CSc1nc2ncc(Cl)cc2[nH]1)N1CCN(CC(=O)N2CCCC2)CC1. The van der Waals surface area contributed by atoms with Gasteiger partial charge in [0.2, 0.25) is 11.8 Å². The van der Waals surface area contributed by atoms with Crippen LogP contribution >= 0.6 is 23.4 Å². The number of hydrogen-bond acceptors (Lipinski definition) is 6. The molecule has 4 heterocycles. The maximum Gasteiger partial charge on any atom is 0.236 e. The van der Waals surface area contributed by atoms with Crippen LogP contribution in [0.3, 0.4) is 0 Å². The number of rotatable bonds is 5. The topological polar surface area (TPSA) is 85.4 Å². The second-order valence-corrected chi connectivity index (χ2v) is 8.50. The molecule has 0 unspecified atom stereocenters. The molecule has 1 N–H and O–H groups in total. The number of piperazine rings is 1. The molecule has 0 spiro atoms. The summed E-state index contributed by atoms with van der Waals surface area (Å²) in [4.78, 5) is 42.4. The maximum absolute atomic E-state index is 12.5. The first-order valence-corrected chi connectivity index (χ1v) is 10.9. The smallest absolute Gasteiger partial charge is 0.236 e. The number of carbonyl (C=O) groups excluding carboxylic acids is 2. The number of aromatic nitrogens is 3. The molecule has 2 aliphatic heterocycles. The van der Waals surface area contributed by atoms with Crippen LogP contribution in [0.4, 0.5) is 0 Å². The Balaban J connectivity index is 1.22. The zero-order valence-corrected chi connectivity index (χ0v) is 17.1. The number of thioether (sulfide) groups is 1. The summed E-state index contributed by atoms with van der Waals surface area (Å²) < 4.78 is 0. The molecule has 0 aromatic carbocycles. The van der Waals surface area contributed by atoms with Crippen LogP contribution in [0.1, 0.15) is 12.8 Å². The molecular formula is C18H23ClN6O2S. The van der Waals surface area contributed by atoms with Crippen molar-refractivity contribution < 1.29 is 9.59 Å². The quantitative estimate of drug-likeness (QED) is 0.734. The van der Waals surface area contributed by atoms with Crippen LogP contribution in [0.2, 0.25) is 5.02 Å². The van der Waals surface area contributed by atoms with Crippen LogP contribution in [0.25, 0.3) is 11.2 Å². The van der Waals surface area contributed by atoms with Crippen molar-refractivity contribution in [2.24, 2.45) is 0 Å². The lowest BCUT2D eigenvalue weighted by atomic mass is 10.3. The van der Waals surface area contributed by atoms with Crippen molar-refractivity contribution in [3.05, 3.63) is 17.3 Å². The number of pyridine rings is 1. The maximum atomic E-state index is 12.5. The summed E-state index contributed by atoms with van der Waals surface area (Å²) in [5, 5.41) is 1.21. The average Bonchev–Trinajstić information content (AvgIpc) is 3.36. The number of hydrogen-bond donors (Lipinski definition) is 1. The molecule has 0 saturated carbocycles. The van der Waals surface area contributed by atoms with Gasteiger partial charge in [0, 0.05) is 45.5 Å². The molecule has 2 fully saturated rings. The Morgan fingerprint density at radius 3 is 2.54 bits per heavy atom. The third-order valence-corrected chi connectivity index (χ3v) is 6.22. The fourth-order valence-corrected chi connectivity index (χ4v) is 4.49. The molecule has 2 amide bonds. The number of nitrogens with one attached hydrogen (secondary N) is 1. The molecule has 4 rings (SSSR count). The summed E-state index contributed by atoms with van der Waals surface area (Å²) >= 11 is 7.30. The van der Waals surface area contributed by atoms with Crippen molar-refractivity contribution in [2.75, 3.05) is 51.6 Å². The number of likely N-dealkylation sites (tertiary alicyclic amines) is 1. The number of amides is 2. The lowest BCUT2D eigenvalue weighted by molar-refractivity contribution is -0.133. The zero-order valence-electron chi connectivity index (χ0n) is 15.6. The first-order chi connectivity index (χ1) is 13.6. The third-order valence-electron chi connectivity index (χ3n) is 5.16. The molecule has 0 bridgehead atoms. The number of H-pyrrole nitrogens is 1. The summed E-state index contributed by atoms with van der Waals surface area (Å²) in [6.45, 7) is 5.03. The Morgan fingerprint density at radius 1 is 1.07 bits per heavy atom. The van der Waals surface area contributed by atoms with E-state index in [4.69, 9.17) is 11.6 Å². The summed E-state index contributed by atoms with van der Waals surface area (Å²) in [5.41, 5.74) is 1.36. The first kappa shape index (κ1) is 19.5. The van der Waals surface area contributed by atoms with Gasteiger partial charge in [0.15, 0.2) is 10.8 Å². The van der Waals surface area contributed by atoms with E-state index in [1.165, 1.54) is 11.8 Å². The highest BCUT2D eigenvalue weighted by atomic mass is 35.5. The number of aromatic amines is 1. The Kier molecular flexibility index (Phi) is 6.03. The second kappa shape index (κ2) is 8.67. The van der Waals surface area contributed by atoms with E-state index in [0.29, 0.717) is 41.2 Å². The first-order valence-electron chi connectivity index (χ1n) is 9.50. The summed E-state index contributed by atoms with van der Waals surface area (Å²) in [6.07, 6.45) is 3.78. The summed E-state index contributed by atoms with van der Waals surface area (Å²) in [7, 11) is 0. The predicted molar refractivity (Wildman–Crippen MR) is 108 cm³/mol. The standard InChI is InChI=1S/C18H23ClN6O2S/c19-13-9-14-17(20-10-13)22-18(21-14)28-12-16(27)25-7-5-23(6-8-25)11-15(26)24-3-1-2-4-24/h9-10H,1-8,11-12H2,(H,20,21,22). The largest absolute Gasteiger partial charge is 0.342 e. The van der Waals surface area contributed by atoms with Crippen LogP contribution in [-0.2, 0) is 9.59 Å². The third kappa shape index (κ3) is 4.59. The number of fused-ring (bicyclic) bond motifs is 1. The van der Waals surface area contributed by atoms with E-state index >= 15 is 0 Å². The van der Waals surface area contributed by atoms with Crippen LogP contribution in [0, 0.1) is 0 Å². The highest BCUT2D eigenvalue weighted by Crippen LogP contribution is 2.21. The molecule has 28 heavy (non-hydrogen) atoms. The van der Waals surface area contributed by atoms with Gasteiger partial charge in [0.1, 0.15) is 0 Å². The van der Waals surface area contributed by atoms with E-state index in [0.717, 1.165) is 44.5 Å². The van der Waals surface area contributed by atoms with Crippen LogP contribution in [0.5, 0.6) is 0 Å². The molecule has 0 radical (unpaired) electrons. The fraction of sp³-hybridized carbons (Fsp3) is 0.556. The van der Waals surface area contributed by atoms with Crippen LogP contribution in [-0.4, -0.2) is 93.0 Å². The van der Waals surface area contributed by atoms with E-state index in [2.05, 4.69) is 19.9 Å². The Morgan fingerprint density at radius 2 is 1.79 bits per heavy atom. The minimum Gasteiger partial charge on any atom is -0.342 e. The number of imidazole rings is 1. The lowest BCUT2D eigenvalue weighted by Crippen LogP contribution is -2.51. The van der Waals surface area contributed by atoms with Crippen molar-refractivity contribution >= 4 is 46.3 Å². The number of carbonyl (C=O) groups is 2. The second-order valence-electron chi connectivity index (χ2n) is 7.10. The Hall–Kier alpha value is -1.84. The van der Waals surface area contributed by atoms with Crippen molar-refractivity contribution in [3.63, 3.8) is 0 Å². The monoisotopic (exact) mass is 422 g/mol. The van der Waals surface area contributed by atoms with E-state index in [-0.39, 0.29) is 11.8 Å². The molecule has 8 nitrogen and oxygen atoms in total.